The fourth-order valence-corrected chi connectivity index (χ4v) is 3.38. The van der Waals surface area contributed by atoms with E-state index in [-0.39, 0.29) is 17.0 Å². The molecule has 4 heteroatoms. The third kappa shape index (κ3) is 3.58. The lowest BCUT2D eigenvalue weighted by Crippen LogP contribution is -2.42. The molecule has 24 heavy (non-hydrogen) atoms. The molecule has 1 aliphatic rings. The highest BCUT2D eigenvalue weighted by Crippen LogP contribution is 2.17. The van der Waals surface area contributed by atoms with Gasteiger partial charge >= 0.3 is 0 Å². The molecule has 1 aliphatic heterocycles. The number of benzene rings is 1. The van der Waals surface area contributed by atoms with Gasteiger partial charge in [-0.15, -0.1) is 0 Å². The van der Waals surface area contributed by atoms with Crippen molar-refractivity contribution in [2.75, 3.05) is 13.1 Å². The average Bonchev–Trinajstić information content (AvgIpc) is 2.56. The molecule has 0 radical (unpaired) electrons. The summed E-state index contributed by atoms with van der Waals surface area (Å²) in [6, 6.07) is 11.5. The van der Waals surface area contributed by atoms with E-state index in [9.17, 15) is 9.59 Å². The number of hydrogen-bond acceptors (Lipinski definition) is 2. The predicted molar refractivity (Wildman–Crippen MR) is 95.3 cm³/mol. The Labute approximate surface area is 142 Å². The highest BCUT2D eigenvalue weighted by Gasteiger charge is 2.24. The molecule has 0 N–H and O–H groups in total. The maximum Gasteiger partial charge on any atom is 0.263 e. The zero-order chi connectivity index (χ0) is 17.1. The number of rotatable bonds is 3. The van der Waals surface area contributed by atoms with E-state index in [0.717, 1.165) is 37.1 Å². The summed E-state index contributed by atoms with van der Waals surface area (Å²) < 4.78 is 1.62. The fraction of sp³-hybridized carbons (Fsp3) is 0.400. The van der Waals surface area contributed by atoms with E-state index in [1.54, 1.807) is 22.9 Å². The Kier molecular flexibility index (Phi) is 4.84. The number of piperidine rings is 1. The summed E-state index contributed by atoms with van der Waals surface area (Å²) in [4.78, 5) is 27.3. The van der Waals surface area contributed by atoms with Crippen molar-refractivity contribution in [3.8, 4) is 0 Å². The van der Waals surface area contributed by atoms with Crippen LogP contribution in [0.15, 0.2) is 47.4 Å². The molecule has 1 amide bonds. The fourth-order valence-electron chi connectivity index (χ4n) is 3.38. The Bertz CT molecular complexity index is 794. The van der Waals surface area contributed by atoms with Gasteiger partial charge in [-0.25, -0.2) is 0 Å². The summed E-state index contributed by atoms with van der Waals surface area (Å²) in [6.45, 7) is 6.16. The van der Waals surface area contributed by atoms with E-state index in [1.165, 1.54) is 0 Å². The van der Waals surface area contributed by atoms with Crippen molar-refractivity contribution in [1.29, 1.82) is 0 Å². The molecule has 1 atom stereocenters. The number of hydrogen-bond donors (Lipinski definition) is 0. The molecular formula is C20H24N2O2. The summed E-state index contributed by atoms with van der Waals surface area (Å²) in [5, 5.41) is 0. The number of amides is 1. The molecule has 0 aliphatic carbocycles. The average molecular weight is 324 g/mol. The van der Waals surface area contributed by atoms with Crippen molar-refractivity contribution in [3.63, 3.8) is 0 Å². The van der Waals surface area contributed by atoms with Gasteiger partial charge in [0.1, 0.15) is 5.56 Å². The second-order valence-corrected chi connectivity index (χ2v) is 6.84. The Morgan fingerprint density at radius 1 is 1.25 bits per heavy atom. The van der Waals surface area contributed by atoms with Gasteiger partial charge in [0.2, 0.25) is 0 Å². The number of nitrogens with zero attached hydrogens (tertiary/aromatic N) is 2. The largest absolute Gasteiger partial charge is 0.338 e. The molecular weight excluding hydrogens is 300 g/mol. The number of likely N-dealkylation sites (tertiary alicyclic amines) is 1. The van der Waals surface area contributed by atoms with E-state index in [0.29, 0.717) is 12.5 Å². The minimum absolute atomic E-state index is 0.134. The van der Waals surface area contributed by atoms with Crippen LogP contribution < -0.4 is 5.56 Å². The molecule has 0 bridgehead atoms. The first kappa shape index (κ1) is 16.5. The van der Waals surface area contributed by atoms with Crippen LogP contribution in [0.1, 0.15) is 41.3 Å². The molecule has 0 unspecified atom stereocenters. The third-order valence-corrected chi connectivity index (χ3v) is 4.63. The maximum atomic E-state index is 12.7. The summed E-state index contributed by atoms with van der Waals surface area (Å²) in [5.74, 6) is 0.367. The standard InChI is InChI=1S/C20H24N2O2/c1-15-6-3-8-17(12-15)14-22-11-5-9-18(20(22)24)19(23)21-10-4-7-16(2)13-21/h3,5-6,8-9,11-12,16H,4,7,10,13-14H2,1-2H3/t16-/m1/s1. The zero-order valence-electron chi connectivity index (χ0n) is 14.4. The smallest absolute Gasteiger partial charge is 0.263 e. The number of carbonyl (C=O) groups excluding carboxylic acids is 1. The Balaban J connectivity index is 1.85. The Morgan fingerprint density at radius 3 is 2.83 bits per heavy atom. The minimum Gasteiger partial charge on any atom is -0.338 e. The first-order valence-corrected chi connectivity index (χ1v) is 8.59. The molecule has 0 saturated carbocycles. The topological polar surface area (TPSA) is 42.3 Å². The molecule has 0 spiro atoms. The third-order valence-electron chi connectivity index (χ3n) is 4.63. The number of aromatic nitrogens is 1. The van der Waals surface area contributed by atoms with Crippen molar-refractivity contribution in [3.05, 3.63) is 69.6 Å². The molecule has 2 aromatic rings. The number of pyridine rings is 1. The monoisotopic (exact) mass is 324 g/mol. The Morgan fingerprint density at radius 2 is 2.08 bits per heavy atom. The molecule has 1 aromatic carbocycles. The van der Waals surface area contributed by atoms with Gasteiger partial charge < -0.3 is 9.47 Å². The van der Waals surface area contributed by atoms with Crippen molar-refractivity contribution >= 4 is 5.91 Å². The van der Waals surface area contributed by atoms with Crippen LogP contribution in [-0.4, -0.2) is 28.5 Å². The zero-order valence-corrected chi connectivity index (χ0v) is 14.4. The molecule has 4 nitrogen and oxygen atoms in total. The van der Waals surface area contributed by atoms with Crippen LogP contribution in [0.25, 0.3) is 0 Å². The normalized spacial score (nSPS) is 17.8. The SMILES string of the molecule is Cc1cccc(Cn2cccc(C(=O)N3CCC[C@@H](C)C3)c2=O)c1. The lowest BCUT2D eigenvalue weighted by Gasteiger charge is -2.30. The first-order chi connectivity index (χ1) is 11.5. The van der Waals surface area contributed by atoms with Crippen molar-refractivity contribution < 1.29 is 4.79 Å². The van der Waals surface area contributed by atoms with Crippen molar-refractivity contribution in [2.24, 2.45) is 5.92 Å². The van der Waals surface area contributed by atoms with Crippen LogP contribution in [0.4, 0.5) is 0 Å². The van der Waals surface area contributed by atoms with Crippen molar-refractivity contribution in [2.45, 2.75) is 33.2 Å². The second-order valence-electron chi connectivity index (χ2n) is 6.84. The summed E-state index contributed by atoms with van der Waals surface area (Å²) in [7, 11) is 0. The van der Waals surface area contributed by atoms with E-state index in [4.69, 9.17) is 0 Å². The maximum absolute atomic E-state index is 12.7. The van der Waals surface area contributed by atoms with Gasteiger partial charge in [-0.05, 0) is 43.4 Å². The van der Waals surface area contributed by atoms with Crippen LogP contribution in [0.2, 0.25) is 0 Å². The van der Waals surface area contributed by atoms with E-state index in [2.05, 4.69) is 13.0 Å². The number of carbonyl (C=O) groups is 1. The second kappa shape index (κ2) is 7.04. The van der Waals surface area contributed by atoms with Crippen LogP contribution >= 0.6 is 0 Å². The van der Waals surface area contributed by atoms with Gasteiger partial charge in [0.25, 0.3) is 11.5 Å². The van der Waals surface area contributed by atoms with E-state index >= 15 is 0 Å². The van der Waals surface area contributed by atoms with Gasteiger partial charge in [-0.2, -0.15) is 0 Å². The van der Waals surface area contributed by atoms with Gasteiger partial charge in [0.05, 0.1) is 6.54 Å². The highest BCUT2D eigenvalue weighted by atomic mass is 16.2. The van der Waals surface area contributed by atoms with Gasteiger partial charge in [0.15, 0.2) is 0 Å². The molecule has 2 heterocycles. The Hall–Kier alpha value is -2.36. The van der Waals surface area contributed by atoms with Gasteiger partial charge in [0, 0.05) is 19.3 Å². The summed E-state index contributed by atoms with van der Waals surface area (Å²) in [6.07, 6.45) is 3.91. The van der Waals surface area contributed by atoms with Crippen LogP contribution in [0.5, 0.6) is 0 Å². The van der Waals surface area contributed by atoms with E-state index in [1.807, 2.05) is 30.0 Å². The van der Waals surface area contributed by atoms with Crippen LogP contribution in [0.3, 0.4) is 0 Å². The lowest BCUT2D eigenvalue weighted by molar-refractivity contribution is 0.0680. The lowest BCUT2D eigenvalue weighted by atomic mass is 10.00. The highest BCUT2D eigenvalue weighted by molar-refractivity contribution is 5.93. The van der Waals surface area contributed by atoms with Gasteiger partial charge in [-0.3, -0.25) is 9.59 Å². The summed E-state index contributed by atoms with van der Waals surface area (Å²) >= 11 is 0. The predicted octanol–water partition coefficient (Wildman–Crippen LogP) is 3.08. The van der Waals surface area contributed by atoms with Crippen molar-refractivity contribution in [1.82, 2.24) is 9.47 Å². The molecule has 1 aromatic heterocycles. The molecule has 3 rings (SSSR count). The van der Waals surface area contributed by atoms with E-state index < -0.39 is 0 Å². The molecule has 126 valence electrons. The molecule has 1 saturated heterocycles. The number of aryl methyl sites for hydroxylation is 1. The quantitative estimate of drug-likeness (QED) is 0.871. The molecule has 1 fully saturated rings. The first-order valence-electron chi connectivity index (χ1n) is 8.59. The van der Waals surface area contributed by atoms with Gasteiger partial charge in [-0.1, -0.05) is 36.8 Å². The summed E-state index contributed by atoms with van der Waals surface area (Å²) in [5.41, 5.74) is 2.30. The van der Waals surface area contributed by atoms with Crippen LogP contribution in [0, 0.1) is 12.8 Å². The van der Waals surface area contributed by atoms with Crippen LogP contribution in [-0.2, 0) is 6.54 Å². The minimum atomic E-state index is -0.206.